The topological polar surface area (TPSA) is 29.1 Å². The third-order valence-corrected chi connectivity index (χ3v) is 2.26. The van der Waals surface area contributed by atoms with Crippen molar-refractivity contribution in [3.05, 3.63) is 6.92 Å². The third-order valence-electron chi connectivity index (χ3n) is 2.26. The van der Waals surface area contributed by atoms with E-state index in [-0.39, 0.29) is 5.91 Å². The Morgan fingerprint density at radius 3 is 2.50 bits per heavy atom. The summed E-state index contributed by atoms with van der Waals surface area (Å²) in [5, 5.41) is 2.92. The summed E-state index contributed by atoms with van der Waals surface area (Å²) in [4.78, 5) is 11.2. The van der Waals surface area contributed by atoms with Crippen molar-refractivity contribution in [1.82, 2.24) is 5.32 Å². The highest BCUT2D eigenvalue weighted by molar-refractivity contribution is 5.75. The van der Waals surface area contributed by atoms with Gasteiger partial charge in [-0.05, 0) is 12.8 Å². The molecule has 0 aromatic heterocycles. The van der Waals surface area contributed by atoms with Crippen molar-refractivity contribution in [3.8, 4) is 0 Å². The van der Waals surface area contributed by atoms with Gasteiger partial charge in [-0.2, -0.15) is 0 Å². The highest BCUT2D eigenvalue weighted by Gasteiger charge is 1.99. The summed E-state index contributed by atoms with van der Waals surface area (Å²) in [5.74, 6) is 0.216. The normalized spacial score (nSPS) is 10.1. The lowest BCUT2D eigenvalue weighted by Crippen LogP contribution is -2.23. The van der Waals surface area contributed by atoms with E-state index in [9.17, 15) is 4.79 Å². The van der Waals surface area contributed by atoms with Gasteiger partial charge >= 0.3 is 0 Å². The average molecular weight is 198 g/mol. The molecular weight excluding hydrogens is 174 g/mol. The summed E-state index contributed by atoms with van der Waals surface area (Å²) < 4.78 is 0. The second-order valence-corrected chi connectivity index (χ2v) is 3.72. The van der Waals surface area contributed by atoms with Crippen LogP contribution < -0.4 is 5.32 Å². The molecule has 0 atom stereocenters. The van der Waals surface area contributed by atoms with Crippen LogP contribution in [0.25, 0.3) is 0 Å². The molecule has 2 heteroatoms. The van der Waals surface area contributed by atoms with Crippen molar-refractivity contribution in [2.45, 2.75) is 58.3 Å². The summed E-state index contributed by atoms with van der Waals surface area (Å²) in [6, 6.07) is 0. The van der Waals surface area contributed by atoms with Crippen LogP contribution in [-0.4, -0.2) is 12.5 Å². The van der Waals surface area contributed by atoms with Gasteiger partial charge in [0.25, 0.3) is 0 Å². The molecule has 2 nitrogen and oxygen atoms in total. The predicted octanol–water partition coefficient (Wildman–Crippen LogP) is 3.08. The van der Waals surface area contributed by atoms with Gasteiger partial charge in [0, 0.05) is 13.0 Å². The van der Waals surface area contributed by atoms with Gasteiger partial charge in [0.05, 0.1) is 0 Å². The largest absolute Gasteiger partial charge is 0.356 e. The van der Waals surface area contributed by atoms with Crippen LogP contribution in [-0.2, 0) is 4.79 Å². The van der Waals surface area contributed by atoms with Crippen LogP contribution in [0.3, 0.4) is 0 Å². The van der Waals surface area contributed by atoms with Gasteiger partial charge in [0.2, 0.25) is 5.91 Å². The number of rotatable bonds is 9. The minimum Gasteiger partial charge on any atom is -0.356 e. The molecule has 0 aromatic rings. The predicted molar refractivity (Wildman–Crippen MR) is 61.0 cm³/mol. The maximum Gasteiger partial charge on any atom is 0.219 e. The van der Waals surface area contributed by atoms with E-state index < -0.39 is 0 Å². The fraction of sp³-hybridized carbons (Fsp3) is 0.833. The fourth-order valence-corrected chi connectivity index (χ4v) is 1.31. The Bertz CT molecular complexity index is 134. The van der Waals surface area contributed by atoms with E-state index in [0.717, 1.165) is 38.6 Å². The number of amides is 1. The standard InChI is InChI=1S/C12H24NO/c1-3-5-7-8-9-10-12(14)13-11-6-4-2/h1,3-11H2,2H3,(H,13,14). The Kier molecular flexibility index (Phi) is 10.2. The third kappa shape index (κ3) is 9.56. The Morgan fingerprint density at radius 2 is 1.86 bits per heavy atom. The quantitative estimate of drug-likeness (QED) is 0.567. The molecular formula is C12H24NO. The Balaban J connectivity index is 3.10. The van der Waals surface area contributed by atoms with Crippen molar-refractivity contribution in [2.75, 3.05) is 6.54 Å². The van der Waals surface area contributed by atoms with E-state index in [2.05, 4.69) is 19.2 Å². The number of unbranched alkanes of at least 4 members (excludes halogenated alkanes) is 5. The van der Waals surface area contributed by atoms with Crippen LogP contribution in [0.2, 0.25) is 0 Å². The monoisotopic (exact) mass is 198 g/mol. The molecule has 0 rings (SSSR count). The molecule has 0 unspecified atom stereocenters. The van der Waals surface area contributed by atoms with Crippen LogP contribution in [0.5, 0.6) is 0 Å². The number of hydrogen-bond acceptors (Lipinski definition) is 1. The van der Waals surface area contributed by atoms with Gasteiger partial charge in [-0.25, -0.2) is 0 Å². The molecule has 0 aliphatic heterocycles. The van der Waals surface area contributed by atoms with Crippen LogP contribution in [0.4, 0.5) is 0 Å². The highest BCUT2D eigenvalue weighted by Crippen LogP contribution is 2.04. The van der Waals surface area contributed by atoms with Gasteiger partial charge in [-0.3, -0.25) is 4.79 Å². The number of carbonyl (C=O) groups is 1. The minimum atomic E-state index is 0.216. The van der Waals surface area contributed by atoms with Crippen LogP contribution in [0, 0.1) is 6.92 Å². The van der Waals surface area contributed by atoms with Crippen molar-refractivity contribution in [1.29, 1.82) is 0 Å². The lowest BCUT2D eigenvalue weighted by atomic mass is 10.1. The van der Waals surface area contributed by atoms with E-state index in [1.165, 1.54) is 12.8 Å². The molecule has 0 saturated heterocycles. The van der Waals surface area contributed by atoms with E-state index >= 15 is 0 Å². The van der Waals surface area contributed by atoms with Gasteiger partial charge in [0.15, 0.2) is 0 Å². The van der Waals surface area contributed by atoms with Crippen molar-refractivity contribution < 1.29 is 4.79 Å². The molecule has 0 spiro atoms. The smallest absolute Gasteiger partial charge is 0.219 e. The summed E-state index contributed by atoms with van der Waals surface area (Å²) in [5.41, 5.74) is 0. The Labute approximate surface area is 88.5 Å². The van der Waals surface area contributed by atoms with Crippen LogP contribution >= 0.6 is 0 Å². The summed E-state index contributed by atoms with van der Waals surface area (Å²) in [6.45, 7) is 6.76. The van der Waals surface area contributed by atoms with Crippen LogP contribution in [0.1, 0.15) is 58.3 Å². The molecule has 83 valence electrons. The second kappa shape index (κ2) is 10.6. The van der Waals surface area contributed by atoms with Gasteiger partial charge < -0.3 is 5.32 Å². The molecule has 0 bridgehead atoms. The summed E-state index contributed by atoms with van der Waals surface area (Å²) >= 11 is 0. The maximum absolute atomic E-state index is 11.2. The first-order chi connectivity index (χ1) is 6.81. The molecule has 0 heterocycles. The molecule has 0 aromatic carbocycles. The first-order valence-corrected chi connectivity index (χ1v) is 5.87. The molecule has 0 saturated carbocycles. The zero-order valence-corrected chi connectivity index (χ0v) is 9.48. The minimum absolute atomic E-state index is 0.216. The molecule has 1 radical (unpaired) electrons. The van der Waals surface area contributed by atoms with Crippen molar-refractivity contribution in [2.24, 2.45) is 0 Å². The molecule has 0 fully saturated rings. The van der Waals surface area contributed by atoms with Gasteiger partial charge in [-0.1, -0.05) is 46.0 Å². The number of carbonyl (C=O) groups excluding carboxylic acids is 1. The second-order valence-electron chi connectivity index (χ2n) is 3.72. The molecule has 1 N–H and O–H groups in total. The zero-order chi connectivity index (χ0) is 10.6. The number of hydrogen-bond donors (Lipinski definition) is 1. The van der Waals surface area contributed by atoms with E-state index in [0.29, 0.717) is 6.42 Å². The molecule has 14 heavy (non-hydrogen) atoms. The van der Waals surface area contributed by atoms with Gasteiger partial charge in [0.1, 0.15) is 0 Å². The Hall–Kier alpha value is -0.530. The fourth-order valence-electron chi connectivity index (χ4n) is 1.31. The first kappa shape index (κ1) is 13.5. The zero-order valence-electron chi connectivity index (χ0n) is 9.48. The molecule has 0 aliphatic rings. The van der Waals surface area contributed by atoms with Crippen molar-refractivity contribution in [3.63, 3.8) is 0 Å². The summed E-state index contributed by atoms with van der Waals surface area (Å²) in [7, 11) is 0. The summed E-state index contributed by atoms with van der Waals surface area (Å²) in [6.07, 6.45) is 8.54. The average Bonchev–Trinajstić information content (AvgIpc) is 2.18. The molecule has 0 aliphatic carbocycles. The lowest BCUT2D eigenvalue weighted by Gasteiger charge is -2.03. The Morgan fingerprint density at radius 1 is 1.14 bits per heavy atom. The van der Waals surface area contributed by atoms with Crippen molar-refractivity contribution >= 4 is 5.91 Å². The first-order valence-electron chi connectivity index (χ1n) is 5.87. The van der Waals surface area contributed by atoms with Crippen LogP contribution in [0.15, 0.2) is 0 Å². The van der Waals surface area contributed by atoms with E-state index in [4.69, 9.17) is 0 Å². The lowest BCUT2D eigenvalue weighted by molar-refractivity contribution is -0.121. The molecule has 1 amide bonds. The number of nitrogens with one attached hydrogen (secondary N) is 1. The maximum atomic E-state index is 11.2. The van der Waals surface area contributed by atoms with Gasteiger partial charge in [-0.15, -0.1) is 0 Å². The van der Waals surface area contributed by atoms with E-state index in [1.807, 2.05) is 0 Å². The SMILES string of the molecule is [CH2]CCCCCCC(=O)NCCCC. The van der Waals surface area contributed by atoms with E-state index in [1.54, 1.807) is 0 Å². The highest BCUT2D eigenvalue weighted by atomic mass is 16.1.